The average molecular weight is 385 g/mol. The molecule has 4 heterocycles. The van der Waals surface area contributed by atoms with Crippen molar-refractivity contribution in [2.24, 2.45) is 5.92 Å². The first kappa shape index (κ1) is 18.4. The van der Waals surface area contributed by atoms with E-state index < -0.39 is 6.04 Å². The number of amides is 2. The summed E-state index contributed by atoms with van der Waals surface area (Å²) in [4.78, 5) is 43.6. The highest BCUT2D eigenvalue weighted by Gasteiger charge is 2.44. The first-order chi connectivity index (χ1) is 13.5. The lowest BCUT2D eigenvalue weighted by atomic mass is 9.78. The molecule has 4 rings (SSSR count). The molecule has 2 aromatic rings. The zero-order valence-electron chi connectivity index (χ0n) is 15.9. The van der Waals surface area contributed by atoms with Gasteiger partial charge >= 0.3 is 0 Å². The second kappa shape index (κ2) is 7.21. The van der Waals surface area contributed by atoms with Crippen molar-refractivity contribution >= 4 is 11.8 Å². The van der Waals surface area contributed by atoms with Crippen LogP contribution in [0, 0.1) is 5.92 Å². The van der Waals surface area contributed by atoms with Gasteiger partial charge in [0.2, 0.25) is 17.7 Å². The number of likely N-dealkylation sites (tertiary alicyclic amines) is 1. The third-order valence-electron chi connectivity index (χ3n) is 5.60. The van der Waals surface area contributed by atoms with Gasteiger partial charge in [0.1, 0.15) is 6.04 Å². The number of piperidine rings is 1. The topological polar surface area (TPSA) is 110 Å². The molecular weight excluding hydrogens is 362 g/mol. The molecule has 2 aliphatic heterocycles. The van der Waals surface area contributed by atoms with Crippen molar-refractivity contribution < 1.29 is 14.1 Å². The highest BCUT2D eigenvalue weighted by Crippen LogP contribution is 2.41. The maximum absolute atomic E-state index is 13.1. The number of aryl methyl sites for hydroxylation is 1. The molecule has 0 radical (unpaired) electrons. The highest BCUT2D eigenvalue weighted by atomic mass is 16.5. The van der Waals surface area contributed by atoms with Crippen LogP contribution in [0.4, 0.5) is 0 Å². The van der Waals surface area contributed by atoms with E-state index in [4.69, 9.17) is 4.52 Å². The molecule has 2 aliphatic rings. The van der Waals surface area contributed by atoms with Crippen LogP contribution in [-0.2, 0) is 22.6 Å². The molecule has 0 saturated carbocycles. The van der Waals surface area contributed by atoms with Crippen molar-refractivity contribution in [1.82, 2.24) is 24.9 Å². The predicted molar refractivity (Wildman–Crippen MR) is 98.4 cm³/mol. The summed E-state index contributed by atoms with van der Waals surface area (Å²) in [6, 6.07) is 4.38. The summed E-state index contributed by atoms with van der Waals surface area (Å²) in [7, 11) is 0. The van der Waals surface area contributed by atoms with Crippen LogP contribution in [0.1, 0.15) is 49.6 Å². The second-order valence-corrected chi connectivity index (χ2v) is 7.40. The van der Waals surface area contributed by atoms with Crippen LogP contribution in [0.3, 0.4) is 0 Å². The highest BCUT2D eigenvalue weighted by molar-refractivity contribution is 5.81. The largest absolute Gasteiger partial charge is 0.345 e. The van der Waals surface area contributed by atoms with Crippen LogP contribution >= 0.6 is 0 Å². The number of hydrogen-bond acceptors (Lipinski definition) is 6. The van der Waals surface area contributed by atoms with Gasteiger partial charge in [-0.3, -0.25) is 19.0 Å². The lowest BCUT2D eigenvalue weighted by Crippen LogP contribution is -2.54. The molecule has 1 saturated heterocycles. The molecule has 2 aromatic heterocycles. The molecule has 2 bridgehead atoms. The minimum absolute atomic E-state index is 0.0152. The minimum atomic E-state index is -0.671. The van der Waals surface area contributed by atoms with Crippen molar-refractivity contribution in [2.45, 2.75) is 45.2 Å². The van der Waals surface area contributed by atoms with Crippen LogP contribution in [0.2, 0.25) is 0 Å². The summed E-state index contributed by atoms with van der Waals surface area (Å²) < 4.78 is 6.71. The average Bonchev–Trinajstić information content (AvgIpc) is 3.15. The van der Waals surface area contributed by atoms with Crippen molar-refractivity contribution in [3.63, 3.8) is 0 Å². The van der Waals surface area contributed by atoms with Crippen LogP contribution in [0.25, 0.3) is 0 Å². The molecule has 2 amide bonds. The van der Waals surface area contributed by atoms with Gasteiger partial charge < -0.3 is 14.7 Å². The Hall–Kier alpha value is -2.97. The number of rotatable bonds is 4. The van der Waals surface area contributed by atoms with E-state index in [0.717, 1.165) is 12.1 Å². The number of carbonyl (C=O) groups is 2. The fourth-order valence-electron chi connectivity index (χ4n) is 4.30. The molecule has 9 heteroatoms. The van der Waals surface area contributed by atoms with E-state index in [-0.39, 0.29) is 35.8 Å². The molecule has 148 valence electrons. The van der Waals surface area contributed by atoms with E-state index >= 15 is 0 Å². The third kappa shape index (κ3) is 3.21. The summed E-state index contributed by atoms with van der Waals surface area (Å²) >= 11 is 0. The monoisotopic (exact) mass is 385 g/mol. The molecule has 0 spiro atoms. The fourth-order valence-corrected chi connectivity index (χ4v) is 4.30. The normalized spacial score (nSPS) is 23.2. The summed E-state index contributed by atoms with van der Waals surface area (Å²) in [5.41, 5.74) is 0.607. The SMILES string of the molecule is CCc1noc(CNC(=O)[C@H]2[C@H]3C[C@H](CN(C(C)=O)C3)c3cccc(=O)n32)n1. The van der Waals surface area contributed by atoms with Gasteiger partial charge in [0.25, 0.3) is 5.56 Å². The standard InChI is InChI=1S/C19H23N5O4/c1-3-15-21-16(28-22-15)8-20-19(27)18-13-7-12(9-23(10-13)11(2)25)14-5-4-6-17(26)24(14)18/h4-6,12-13,18H,3,7-10H2,1-2H3,(H,20,27)/t12-,13+,18-/m1/s1. The zero-order chi connectivity index (χ0) is 19.8. The Labute approximate surface area is 161 Å². The molecule has 1 N–H and O–H groups in total. The number of nitrogens with one attached hydrogen (secondary N) is 1. The van der Waals surface area contributed by atoms with Crippen LogP contribution in [0.5, 0.6) is 0 Å². The molecule has 9 nitrogen and oxygen atoms in total. The van der Waals surface area contributed by atoms with E-state index in [0.29, 0.717) is 31.2 Å². The lowest BCUT2D eigenvalue weighted by molar-refractivity contribution is -0.135. The Morgan fingerprint density at radius 1 is 1.32 bits per heavy atom. The number of nitrogens with zero attached hydrogens (tertiary/aromatic N) is 4. The van der Waals surface area contributed by atoms with Gasteiger partial charge in [0, 0.05) is 50.0 Å². The number of pyridine rings is 1. The van der Waals surface area contributed by atoms with E-state index in [2.05, 4.69) is 15.5 Å². The third-order valence-corrected chi connectivity index (χ3v) is 5.60. The van der Waals surface area contributed by atoms with E-state index in [1.807, 2.05) is 13.0 Å². The van der Waals surface area contributed by atoms with Gasteiger partial charge in [0.15, 0.2) is 5.82 Å². The molecule has 0 unspecified atom stereocenters. The first-order valence-corrected chi connectivity index (χ1v) is 9.54. The summed E-state index contributed by atoms with van der Waals surface area (Å²) in [5, 5.41) is 6.64. The quantitative estimate of drug-likeness (QED) is 0.826. The lowest BCUT2D eigenvalue weighted by Gasteiger charge is -2.46. The Morgan fingerprint density at radius 3 is 2.86 bits per heavy atom. The first-order valence-electron chi connectivity index (χ1n) is 9.54. The van der Waals surface area contributed by atoms with Gasteiger partial charge in [-0.15, -0.1) is 0 Å². The Kier molecular flexibility index (Phi) is 4.74. The van der Waals surface area contributed by atoms with Crippen molar-refractivity contribution in [2.75, 3.05) is 13.1 Å². The molecule has 3 atom stereocenters. The van der Waals surface area contributed by atoms with Crippen LogP contribution in [-0.4, -0.2) is 44.5 Å². The van der Waals surface area contributed by atoms with Crippen LogP contribution in [0.15, 0.2) is 27.5 Å². The van der Waals surface area contributed by atoms with Crippen LogP contribution < -0.4 is 10.9 Å². The van der Waals surface area contributed by atoms with Gasteiger partial charge in [0.05, 0.1) is 6.54 Å². The summed E-state index contributed by atoms with van der Waals surface area (Å²) in [6.07, 6.45) is 1.42. The molecule has 0 aliphatic carbocycles. The van der Waals surface area contributed by atoms with Gasteiger partial charge in [-0.2, -0.15) is 4.98 Å². The Balaban J connectivity index is 1.62. The Morgan fingerprint density at radius 2 is 2.14 bits per heavy atom. The van der Waals surface area contributed by atoms with Gasteiger partial charge in [-0.05, 0) is 12.5 Å². The van der Waals surface area contributed by atoms with E-state index in [9.17, 15) is 14.4 Å². The van der Waals surface area contributed by atoms with E-state index in [1.165, 1.54) is 13.0 Å². The summed E-state index contributed by atoms with van der Waals surface area (Å²) in [6.45, 7) is 4.59. The maximum Gasteiger partial charge on any atom is 0.251 e. The van der Waals surface area contributed by atoms with Crippen molar-refractivity contribution in [3.8, 4) is 0 Å². The Bertz CT molecular complexity index is 965. The zero-order valence-corrected chi connectivity index (χ0v) is 15.9. The van der Waals surface area contributed by atoms with Gasteiger partial charge in [-0.25, -0.2) is 0 Å². The second-order valence-electron chi connectivity index (χ2n) is 7.40. The number of aromatic nitrogens is 3. The maximum atomic E-state index is 13.1. The fraction of sp³-hybridized carbons (Fsp3) is 0.526. The molecule has 0 aromatic carbocycles. The number of fused-ring (bicyclic) bond motifs is 4. The van der Waals surface area contributed by atoms with Crippen molar-refractivity contribution in [1.29, 1.82) is 0 Å². The number of carbonyl (C=O) groups excluding carboxylic acids is 2. The molecule has 1 fully saturated rings. The molecule has 28 heavy (non-hydrogen) atoms. The summed E-state index contributed by atoms with van der Waals surface area (Å²) in [5.74, 6) is 0.551. The van der Waals surface area contributed by atoms with Crippen molar-refractivity contribution in [3.05, 3.63) is 46.0 Å². The van der Waals surface area contributed by atoms with E-state index in [1.54, 1.807) is 15.5 Å². The minimum Gasteiger partial charge on any atom is -0.345 e. The van der Waals surface area contributed by atoms with Gasteiger partial charge in [-0.1, -0.05) is 18.1 Å². The number of hydrogen-bond donors (Lipinski definition) is 1. The smallest absolute Gasteiger partial charge is 0.251 e. The predicted octanol–water partition coefficient (Wildman–Crippen LogP) is 0.617. The molecular formula is C19H23N5O4.